The third-order valence-corrected chi connectivity index (χ3v) is 3.44. The van der Waals surface area contributed by atoms with Crippen molar-refractivity contribution in [2.75, 3.05) is 26.9 Å². The van der Waals surface area contributed by atoms with Gasteiger partial charge < -0.3 is 14.2 Å². The van der Waals surface area contributed by atoms with Gasteiger partial charge in [0.1, 0.15) is 18.1 Å². The van der Waals surface area contributed by atoms with Gasteiger partial charge in [-0.1, -0.05) is 18.2 Å². The summed E-state index contributed by atoms with van der Waals surface area (Å²) in [6.07, 6.45) is 0. The van der Waals surface area contributed by atoms with E-state index in [1.165, 1.54) is 0 Å². The van der Waals surface area contributed by atoms with Crippen LogP contribution in [0.25, 0.3) is 0 Å². The number of rotatable bonds is 8. The van der Waals surface area contributed by atoms with Gasteiger partial charge in [-0.3, -0.25) is 20.4 Å². The monoisotopic (exact) mass is 358 g/mol. The number of hydrogen-bond acceptors (Lipinski definition) is 5. The number of amides is 2. The van der Waals surface area contributed by atoms with Crippen LogP contribution in [0.2, 0.25) is 0 Å². The van der Waals surface area contributed by atoms with E-state index >= 15 is 0 Å². The SMILES string of the molecule is COCCOc1ccc(C(=O)NNC(=O)COc2ccccc2C)cc1. The van der Waals surface area contributed by atoms with Crippen LogP contribution >= 0.6 is 0 Å². The van der Waals surface area contributed by atoms with Crippen molar-refractivity contribution >= 4 is 11.8 Å². The Morgan fingerprint density at radius 1 is 0.923 bits per heavy atom. The summed E-state index contributed by atoms with van der Waals surface area (Å²) in [5.41, 5.74) is 5.98. The Labute approximate surface area is 152 Å². The second-order valence-electron chi connectivity index (χ2n) is 5.42. The van der Waals surface area contributed by atoms with Crippen LogP contribution < -0.4 is 20.3 Å². The zero-order chi connectivity index (χ0) is 18.8. The highest BCUT2D eigenvalue weighted by Gasteiger charge is 2.09. The van der Waals surface area contributed by atoms with Crippen molar-refractivity contribution in [1.29, 1.82) is 0 Å². The molecule has 0 heterocycles. The van der Waals surface area contributed by atoms with Crippen molar-refractivity contribution in [3.8, 4) is 11.5 Å². The Morgan fingerprint density at radius 3 is 2.35 bits per heavy atom. The van der Waals surface area contributed by atoms with Crippen molar-refractivity contribution < 1.29 is 23.8 Å². The minimum absolute atomic E-state index is 0.197. The molecule has 0 saturated carbocycles. The Hall–Kier alpha value is -3.06. The molecule has 0 fully saturated rings. The van der Waals surface area contributed by atoms with E-state index in [2.05, 4.69) is 10.9 Å². The zero-order valence-electron chi connectivity index (χ0n) is 14.8. The number of nitrogens with one attached hydrogen (secondary N) is 2. The molecule has 2 rings (SSSR count). The largest absolute Gasteiger partial charge is 0.491 e. The molecular formula is C19H22N2O5. The van der Waals surface area contributed by atoms with E-state index in [1.54, 1.807) is 37.4 Å². The molecule has 0 atom stereocenters. The molecule has 0 aliphatic heterocycles. The first-order valence-corrected chi connectivity index (χ1v) is 8.09. The molecule has 0 saturated heterocycles. The van der Waals surface area contributed by atoms with Crippen molar-refractivity contribution in [3.63, 3.8) is 0 Å². The molecule has 0 unspecified atom stereocenters. The summed E-state index contributed by atoms with van der Waals surface area (Å²) in [5.74, 6) is 0.367. The predicted molar refractivity (Wildman–Crippen MR) is 96.1 cm³/mol. The first-order chi connectivity index (χ1) is 12.6. The Bertz CT molecular complexity index is 731. The number of para-hydroxylation sites is 1. The maximum absolute atomic E-state index is 12.0. The van der Waals surface area contributed by atoms with E-state index in [0.29, 0.717) is 30.3 Å². The number of ether oxygens (including phenoxy) is 3. The average molecular weight is 358 g/mol. The lowest BCUT2D eigenvalue weighted by Crippen LogP contribution is -2.43. The number of carbonyl (C=O) groups excluding carboxylic acids is 2. The molecule has 2 N–H and O–H groups in total. The lowest BCUT2D eigenvalue weighted by atomic mass is 10.2. The highest BCUT2D eigenvalue weighted by molar-refractivity contribution is 5.95. The molecule has 26 heavy (non-hydrogen) atoms. The molecule has 0 bridgehead atoms. The number of aryl methyl sites for hydroxylation is 1. The lowest BCUT2D eigenvalue weighted by molar-refractivity contribution is -0.123. The van der Waals surface area contributed by atoms with Gasteiger partial charge in [0.15, 0.2) is 6.61 Å². The van der Waals surface area contributed by atoms with Gasteiger partial charge in [0.2, 0.25) is 0 Å². The van der Waals surface area contributed by atoms with Crippen LogP contribution in [-0.2, 0) is 9.53 Å². The molecular weight excluding hydrogens is 336 g/mol. The average Bonchev–Trinajstić information content (AvgIpc) is 2.66. The predicted octanol–water partition coefficient (Wildman–Crippen LogP) is 1.86. The minimum atomic E-state index is -0.457. The topological polar surface area (TPSA) is 85.9 Å². The summed E-state index contributed by atoms with van der Waals surface area (Å²) < 4.78 is 15.7. The Morgan fingerprint density at radius 2 is 1.65 bits per heavy atom. The van der Waals surface area contributed by atoms with Gasteiger partial charge in [-0.15, -0.1) is 0 Å². The molecule has 2 aromatic rings. The van der Waals surface area contributed by atoms with Gasteiger partial charge in [-0.05, 0) is 42.8 Å². The van der Waals surface area contributed by atoms with Crippen LogP contribution in [0.3, 0.4) is 0 Å². The van der Waals surface area contributed by atoms with E-state index < -0.39 is 11.8 Å². The van der Waals surface area contributed by atoms with E-state index in [-0.39, 0.29) is 6.61 Å². The Balaban J connectivity index is 1.75. The third-order valence-electron chi connectivity index (χ3n) is 3.44. The summed E-state index contributed by atoms with van der Waals surface area (Å²) in [6.45, 7) is 2.60. The van der Waals surface area contributed by atoms with E-state index in [0.717, 1.165) is 5.56 Å². The zero-order valence-corrected chi connectivity index (χ0v) is 14.8. The van der Waals surface area contributed by atoms with Crippen LogP contribution in [0.1, 0.15) is 15.9 Å². The van der Waals surface area contributed by atoms with Crippen LogP contribution in [0, 0.1) is 6.92 Å². The van der Waals surface area contributed by atoms with Crippen molar-refractivity contribution in [2.24, 2.45) is 0 Å². The number of methoxy groups -OCH3 is 1. The number of hydrazine groups is 1. The molecule has 7 heteroatoms. The summed E-state index contributed by atoms with van der Waals surface area (Å²) in [7, 11) is 1.59. The second-order valence-corrected chi connectivity index (χ2v) is 5.42. The summed E-state index contributed by atoms with van der Waals surface area (Å²) >= 11 is 0. The van der Waals surface area contributed by atoms with Gasteiger partial charge in [0.05, 0.1) is 6.61 Å². The van der Waals surface area contributed by atoms with Gasteiger partial charge in [-0.25, -0.2) is 0 Å². The van der Waals surface area contributed by atoms with Crippen LogP contribution in [0.5, 0.6) is 11.5 Å². The minimum Gasteiger partial charge on any atom is -0.491 e. The van der Waals surface area contributed by atoms with Crippen LogP contribution in [0.4, 0.5) is 0 Å². The van der Waals surface area contributed by atoms with Crippen molar-refractivity contribution in [2.45, 2.75) is 6.92 Å². The highest BCUT2D eigenvalue weighted by atomic mass is 16.5. The van der Waals surface area contributed by atoms with E-state index in [9.17, 15) is 9.59 Å². The fraction of sp³-hybridized carbons (Fsp3) is 0.263. The quantitative estimate of drug-likeness (QED) is 0.556. The van der Waals surface area contributed by atoms with Crippen molar-refractivity contribution in [1.82, 2.24) is 10.9 Å². The van der Waals surface area contributed by atoms with Crippen molar-refractivity contribution in [3.05, 3.63) is 59.7 Å². The fourth-order valence-electron chi connectivity index (χ4n) is 2.04. The van der Waals surface area contributed by atoms with E-state index in [4.69, 9.17) is 14.2 Å². The summed E-state index contributed by atoms with van der Waals surface area (Å²) in [5, 5.41) is 0. The van der Waals surface area contributed by atoms with Gasteiger partial charge >= 0.3 is 0 Å². The van der Waals surface area contributed by atoms with Crippen LogP contribution in [0.15, 0.2) is 48.5 Å². The standard InChI is InChI=1S/C19H22N2O5/c1-14-5-3-4-6-17(14)26-13-18(22)20-21-19(23)15-7-9-16(10-8-15)25-12-11-24-2/h3-10H,11-13H2,1-2H3,(H,20,22)(H,21,23). The molecule has 7 nitrogen and oxygen atoms in total. The van der Waals surface area contributed by atoms with Gasteiger partial charge in [-0.2, -0.15) is 0 Å². The highest BCUT2D eigenvalue weighted by Crippen LogP contribution is 2.15. The number of carbonyl (C=O) groups is 2. The van der Waals surface area contributed by atoms with Gasteiger partial charge in [0, 0.05) is 12.7 Å². The fourth-order valence-corrected chi connectivity index (χ4v) is 2.04. The molecule has 0 aromatic heterocycles. The maximum Gasteiger partial charge on any atom is 0.276 e. The smallest absolute Gasteiger partial charge is 0.276 e. The molecule has 0 aliphatic rings. The molecule has 0 radical (unpaired) electrons. The summed E-state index contributed by atoms with van der Waals surface area (Å²) in [4.78, 5) is 23.8. The first kappa shape index (κ1) is 19.3. The summed E-state index contributed by atoms with van der Waals surface area (Å²) in [6, 6.07) is 13.9. The molecule has 2 amide bonds. The van der Waals surface area contributed by atoms with Crippen LogP contribution in [-0.4, -0.2) is 38.7 Å². The molecule has 138 valence electrons. The number of benzene rings is 2. The second kappa shape index (κ2) is 10.0. The number of hydrogen-bond donors (Lipinski definition) is 2. The lowest BCUT2D eigenvalue weighted by Gasteiger charge is -2.10. The molecule has 0 aliphatic carbocycles. The van der Waals surface area contributed by atoms with Gasteiger partial charge in [0.25, 0.3) is 11.8 Å². The molecule has 2 aromatic carbocycles. The third kappa shape index (κ3) is 6.10. The maximum atomic E-state index is 12.0. The normalized spacial score (nSPS) is 10.1. The molecule has 0 spiro atoms. The van der Waals surface area contributed by atoms with E-state index in [1.807, 2.05) is 25.1 Å². The first-order valence-electron chi connectivity index (χ1n) is 8.09. The Kier molecular flexibility index (Phi) is 7.45.